The number of carbonyl (C=O) groups is 1. The van der Waals surface area contributed by atoms with Crippen LogP contribution >= 0.6 is 11.6 Å². The average Bonchev–Trinajstić information content (AvgIpc) is 2.38. The van der Waals surface area contributed by atoms with Gasteiger partial charge in [0.2, 0.25) is 0 Å². The molecule has 1 saturated heterocycles. The van der Waals surface area contributed by atoms with Gasteiger partial charge in [0.15, 0.2) is 6.29 Å². The number of aldehydes is 1. The summed E-state index contributed by atoms with van der Waals surface area (Å²) in [7, 11) is 0. The second-order valence-corrected chi connectivity index (χ2v) is 5.83. The Labute approximate surface area is 114 Å². The third-order valence-electron chi connectivity index (χ3n) is 3.94. The first-order valence-corrected chi connectivity index (χ1v) is 6.99. The maximum Gasteiger partial charge on any atom is 0.152 e. The summed E-state index contributed by atoms with van der Waals surface area (Å²) in [6.45, 7) is 6.65. The molecule has 2 rings (SSSR count). The van der Waals surface area contributed by atoms with Crippen molar-refractivity contribution in [3.8, 4) is 0 Å². The lowest BCUT2D eigenvalue weighted by atomic mass is 9.86. The third kappa shape index (κ3) is 2.86. The molecule has 0 saturated carbocycles. The molecule has 0 bridgehead atoms. The Bertz CT molecular complexity index is 423. The summed E-state index contributed by atoms with van der Waals surface area (Å²) >= 11 is 5.92. The minimum atomic E-state index is 0.623. The van der Waals surface area contributed by atoms with Gasteiger partial charge in [-0.05, 0) is 42.9 Å². The quantitative estimate of drug-likeness (QED) is 0.769. The smallest absolute Gasteiger partial charge is 0.152 e. The van der Waals surface area contributed by atoms with E-state index in [-0.39, 0.29) is 0 Å². The molecular weight excluding hydrogens is 246 g/mol. The van der Waals surface area contributed by atoms with Crippen LogP contribution in [0.3, 0.4) is 0 Å². The second-order valence-electron chi connectivity index (χ2n) is 5.39. The van der Waals surface area contributed by atoms with Crippen molar-refractivity contribution in [2.24, 2.45) is 11.8 Å². The van der Waals surface area contributed by atoms with Crippen LogP contribution in [0.1, 0.15) is 37.0 Å². The molecule has 1 aliphatic heterocycles. The van der Waals surface area contributed by atoms with Gasteiger partial charge in [-0.3, -0.25) is 4.79 Å². The fraction of sp³-hybridized carbons (Fsp3) is 0.533. The fourth-order valence-corrected chi connectivity index (χ4v) is 2.90. The zero-order valence-corrected chi connectivity index (χ0v) is 11.8. The zero-order chi connectivity index (χ0) is 13.1. The zero-order valence-electron chi connectivity index (χ0n) is 11.0. The van der Waals surface area contributed by atoms with Crippen molar-refractivity contribution in [3.63, 3.8) is 0 Å². The van der Waals surface area contributed by atoms with E-state index in [4.69, 9.17) is 11.6 Å². The maximum absolute atomic E-state index is 11.1. The Morgan fingerprint density at radius 2 is 2.00 bits per heavy atom. The van der Waals surface area contributed by atoms with Crippen LogP contribution in [0.15, 0.2) is 18.2 Å². The minimum Gasteiger partial charge on any atom is -0.371 e. The molecule has 18 heavy (non-hydrogen) atoms. The van der Waals surface area contributed by atoms with Crippen molar-refractivity contribution < 1.29 is 4.79 Å². The van der Waals surface area contributed by atoms with Gasteiger partial charge >= 0.3 is 0 Å². The first-order chi connectivity index (χ1) is 8.61. The normalized spacial score (nSPS) is 17.2. The van der Waals surface area contributed by atoms with Crippen LogP contribution in [0.4, 0.5) is 5.69 Å². The van der Waals surface area contributed by atoms with Gasteiger partial charge in [-0.25, -0.2) is 0 Å². The Hall–Kier alpha value is -1.02. The Balaban J connectivity index is 2.12. The van der Waals surface area contributed by atoms with Crippen molar-refractivity contribution in [2.45, 2.75) is 26.7 Å². The van der Waals surface area contributed by atoms with Crippen LogP contribution in [0.25, 0.3) is 0 Å². The number of anilines is 1. The van der Waals surface area contributed by atoms with Crippen LogP contribution in [0.2, 0.25) is 5.02 Å². The summed E-state index contributed by atoms with van der Waals surface area (Å²) in [6, 6.07) is 5.57. The molecule has 1 fully saturated rings. The number of nitrogens with zero attached hydrogens (tertiary/aromatic N) is 1. The molecule has 3 heteroatoms. The lowest BCUT2D eigenvalue weighted by molar-refractivity contribution is 0.112. The van der Waals surface area contributed by atoms with Crippen molar-refractivity contribution in [1.82, 2.24) is 0 Å². The summed E-state index contributed by atoms with van der Waals surface area (Å²) < 4.78 is 0. The number of halogens is 1. The molecule has 0 aliphatic carbocycles. The van der Waals surface area contributed by atoms with E-state index in [0.717, 1.165) is 36.9 Å². The van der Waals surface area contributed by atoms with Crippen LogP contribution in [0, 0.1) is 11.8 Å². The van der Waals surface area contributed by atoms with Crippen molar-refractivity contribution in [2.75, 3.05) is 18.0 Å². The second kappa shape index (κ2) is 5.75. The number of carbonyl (C=O) groups excluding carboxylic acids is 1. The monoisotopic (exact) mass is 265 g/mol. The van der Waals surface area contributed by atoms with E-state index in [2.05, 4.69) is 18.7 Å². The average molecular weight is 266 g/mol. The molecule has 0 radical (unpaired) electrons. The molecule has 2 nitrogen and oxygen atoms in total. The molecular formula is C15H20ClNO. The molecule has 1 aromatic carbocycles. The lowest BCUT2D eigenvalue weighted by Crippen LogP contribution is -2.35. The van der Waals surface area contributed by atoms with E-state index in [1.165, 1.54) is 12.8 Å². The minimum absolute atomic E-state index is 0.623. The van der Waals surface area contributed by atoms with Crippen molar-refractivity contribution in [1.29, 1.82) is 0 Å². The van der Waals surface area contributed by atoms with Crippen molar-refractivity contribution >= 4 is 23.6 Å². The first-order valence-electron chi connectivity index (χ1n) is 6.61. The fourth-order valence-electron chi connectivity index (χ4n) is 2.71. The van der Waals surface area contributed by atoms with Gasteiger partial charge < -0.3 is 4.90 Å². The molecule has 1 aromatic rings. The van der Waals surface area contributed by atoms with Gasteiger partial charge in [0.25, 0.3) is 0 Å². The van der Waals surface area contributed by atoms with Gasteiger partial charge in [-0.1, -0.05) is 25.4 Å². The van der Waals surface area contributed by atoms with E-state index in [1.807, 2.05) is 12.1 Å². The van der Waals surface area contributed by atoms with Gasteiger partial charge in [0.1, 0.15) is 0 Å². The van der Waals surface area contributed by atoms with E-state index >= 15 is 0 Å². The number of rotatable bonds is 3. The molecule has 0 N–H and O–H groups in total. The Morgan fingerprint density at radius 3 is 2.56 bits per heavy atom. The number of benzene rings is 1. The molecule has 98 valence electrons. The Morgan fingerprint density at radius 1 is 1.33 bits per heavy atom. The molecule has 0 aromatic heterocycles. The number of hydrogen-bond acceptors (Lipinski definition) is 2. The summed E-state index contributed by atoms with van der Waals surface area (Å²) in [5.74, 6) is 1.57. The van der Waals surface area contributed by atoms with Crippen molar-refractivity contribution in [3.05, 3.63) is 28.8 Å². The van der Waals surface area contributed by atoms with E-state index in [9.17, 15) is 4.79 Å². The predicted octanol–water partition coefficient (Wildman–Crippen LogP) is 4.02. The van der Waals surface area contributed by atoms with E-state index in [0.29, 0.717) is 10.6 Å². The van der Waals surface area contributed by atoms with Crippen LogP contribution in [0.5, 0.6) is 0 Å². The molecule has 0 atom stereocenters. The summed E-state index contributed by atoms with van der Waals surface area (Å²) in [5.41, 5.74) is 1.72. The SMILES string of the molecule is CC(C)C1CCN(c2ccc(Cl)cc2C=O)CC1. The van der Waals surface area contributed by atoms with E-state index < -0.39 is 0 Å². The predicted molar refractivity (Wildman–Crippen MR) is 76.6 cm³/mol. The van der Waals surface area contributed by atoms with E-state index in [1.54, 1.807) is 6.07 Å². The largest absolute Gasteiger partial charge is 0.371 e. The number of hydrogen-bond donors (Lipinski definition) is 0. The molecule has 1 aliphatic rings. The summed E-state index contributed by atoms with van der Waals surface area (Å²) in [5, 5.41) is 0.623. The lowest BCUT2D eigenvalue weighted by Gasteiger charge is -2.35. The highest BCUT2D eigenvalue weighted by atomic mass is 35.5. The van der Waals surface area contributed by atoms with Gasteiger partial charge in [-0.2, -0.15) is 0 Å². The van der Waals surface area contributed by atoms with Gasteiger partial charge in [-0.15, -0.1) is 0 Å². The van der Waals surface area contributed by atoms with Gasteiger partial charge in [0.05, 0.1) is 0 Å². The topological polar surface area (TPSA) is 20.3 Å². The third-order valence-corrected chi connectivity index (χ3v) is 4.17. The molecule has 1 heterocycles. The Kier molecular flexibility index (Phi) is 4.28. The molecule has 0 spiro atoms. The maximum atomic E-state index is 11.1. The molecule has 0 unspecified atom stereocenters. The number of piperidine rings is 1. The highest BCUT2D eigenvalue weighted by Crippen LogP contribution is 2.30. The standard InChI is InChI=1S/C15H20ClNO/c1-11(2)12-5-7-17(8-6-12)15-4-3-14(16)9-13(15)10-18/h3-4,9-12H,5-8H2,1-2H3. The summed E-state index contributed by atoms with van der Waals surface area (Å²) in [6.07, 6.45) is 3.31. The first kappa shape index (κ1) is 13.4. The van der Waals surface area contributed by atoms with Gasteiger partial charge in [0, 0.05) is 29.4 Å². The van der Waals surface area contributed by atoms with Crippen LogP contribution in [-0.2, 0) is 0 Å². The summed E-state index contributed by atoms with van der Waals surface area (Å²) in [4.78, 5) is 13.4. The van der Waals surface area contributed by atoms with Crippen LogP contribution < -0.4 is 4.90 Å². The molecule has 0 amide bonds. The highest BCUT2D eigenvalue weighted by Gasteiger charge is 2.22. The highest BCUT2D eigenvalue weighted by molar-refractivity contribution is 6.31. The van der Waals surface area contributed by atoms with Crippen LogP contribution in [-0.4, -0.2) is 19.4 Å².